The first-order chi connectivity index (χ1) is 12.7. The van der Waals surface area contributed by atoms with Gasteiger partial charge in [-0.25, -0.2) is 4.68 Å². The number of thioether (sulfide) groups is 2. The zero-order chi connectivity index (χ0) is 18.4. The zero-order valence-corrected chi connectivity index (χ0v) is 17.6. The summed E-state index contributed by atoms with van der Waals surface area (Å²) in [6, 6.07) is 8.82. The van der Waals surface area contributed by atoms with Gasteiger partial charge in [0.1, 0.15) is 0 Å². The molecule has 0 saturated carbocycles. The van der Waals surface area contributed by atoms with Gasteiger partial charge in [-0.15, -0.1) is 15.3 Å². The van der Waals surface area contributed by atoms with Gasteiger partial charge in [0.2, 0.25) is 0 Å². The highest BCUT2D eigenvalue weighted by molar-refractivity contribution is 8.02. The molecule has 0 amide bonds. The van der Waals surface area contributed by atoms with Crippen molar-refractivity contribution in [2.75, 3.05) is 0 Å². The van der Waals surface area contributed by atoms with E-state index in [0.29, 0.717) is 11.7 Å². The Hall–Kier alpha value is -1.45. The lowest BCUT2D eigenvalue weighted by Gasteiger charge is -2.05. The third-order valence-corrected chi connectivity index (χ3v) is 7.02. The average Bonchev–Trinajstić information content (AvgIpc) is 3.28. The summed E-state index contributed by atoms with van der Waals surface area (Å²) in [6.07, 6.45) is 1.01. The lowest BCUT2D eigenvalue weighted by molar-refractivity contribution is 0.564. The molecule has 0 aliphatic carbocycles. The summed E-state index contributed by atoms with van der Waals surface area (Å²) in [7, 11) is 0. The second kappa shape index (κ2) is 9.48. The van der Waals surface area contributed by atoms with Crippen molar-refractivity contribution < 1.29 is 0 Å². The first-order valence-corrected chi connectivity index (χ1v) is 11.4. The fourth-order valence-corrected chi connectivity index (χ4v) is 5.20. The molecule has 138 valence electrons. The number of benzene rings is 1. The van der Waals surface area contributed by atoms with Gasteiger partial charge in [-0.3, -0.25) is 0 Å². The molecule has 2 heterocycles. The van der Waals surface area contributed by atoms with Crippen LogP contribution in [0.1, 0.15) is 50.1 Å². The summed E-state index contributed by atoms with van der Waals surface area (Å²) in [5.74, 6) is 3.07. The van der Waals surface area contributed by atoms with Gasteiger partial charge < -0.3 is 0 Å². The van der Waals surface area contributed by atoms with E-state index in [4.69, 9.17) is 0 Å². The molecule has 0 N–H and O–H groups in total. The molecule has 3 rings (SSSR count). The Morgan fingerprint density at radius 2 is 1.69 bits per heavy atom. The molecule has 0 aliphatic rings. The van der Waals surface area contributed by atoms with Crippen LogP contribution in [0.5, 0.6) is 0 Å². The molecule has 3 aromatic rings. The van der Waals surface area contributed by atoms with E-state index in [2.05, 4.69) is 70.8 Å². The monoisotopic (exact) mass is 406 g/mol. The molecule has 9 heteroatoms. The van der Waals surface area contributed by atoms with E-state index in [1.54, 1.807) is 34.9 Å². The maximum atomic E-state index is 4.29. The van der Waals surface area contributed by atoms with Crippen LogP contribution < -0.4 is 0 Å². The molecule has 1 aromatic carbocycles. The highest BCUT2D eigenvalue weighted by Gasteiger charge is 2.10. The molecular weight excluding hydrogens is 384 g/mol. The first kappa shape index (κ1) is 19.3. The van der Waals surface area contributed by atoms with Crippen molar-refractivity contribution in [2.45, 2.75) is 59.8 Å². The minimum Gasteiger partial charge on any atom is -0.229 e. The fourth-order valence-electron chi connectivity index (χ4n) is 2.30. The maximum absolute atomic E-state index is 4.29. The number of hydrogen-bond acceptors (Lipinski definition) is 8. The van der Waals surface area contributed by atoms with Crippen LogP contribution >= 0.6 is 34.9 Å². The molecular formula is C17H22N6S3. The highest BCUT2D eigenvalue weighted by Crippen LogP contribution is 2.32. The van der Waals surface area contributed by atoms with Gasteiger partial charge in [0.25, 0.3) is 0 Å². The first-order valence-electron chi connectivity index (χ1n) is 8.58. The second-order valence-corrected chi connectivity index (χ2v) is 9.55. The summed E-state index contributed by atoms with van der Waals surface area (Å²) in [5.41, 5.74) is 2.68. The molecule has 0 atom stereocenters. The Bertz CT molecular complexity index is 812. The van der Waals surface area contributed by atoms with Gasteiger partial charge >= 0.3 is 0 Å². The molecule has 2 aromatic heterocycles. The number of tetrazole rings is 1. The number of rotatable bonds is 9. The van der Waals surface area contributed by atoms with E-state index in [-0.39, 0.29) is 0 Å². The van der Waals surface area contributed by atoms with Crippen LogP contribution in [0.4, 0.5) is 0 Å². The van der Waals surface area contributed by atoms with Gasteiger partial charge in [0.05, 0.1) is 5.75 Å². The molecule has 0 bridgehead atoms. The maximum Gasteiger partial charge on any atom is 0.175 e. The summed E-state index contributed by atoms with van der Waals surface area (Å²) >= 11 is 4.99. The second-order valence-electron chi connectivity index (χ2n) is 6.13. The van der Waals surface area contributed by atoms with Crippen molar-refractivity contribution in [3.8, 4) is 0 Å². The third kappa shape index (κ3) is 5.28. The summed E-state index contributed by atoms with van der Waals surface area (Å²) in [4.78, 5) is 0. The van der Waals surface area contributed by atoms with E-state index < -0.39 is 0 Å². The Morgan fingerprint density at radius 3 is 2.35 bits per heavy atom. The smallest absolute Gasteiger partial charge is 0.175 e. The van der Waals surface area contributed by atoms with Gasteiger partial charge in [0, 0.05) is 12.3 Å². The van der Waals surface area contributed by atoms with Crippen LogP contribution in [0.3, 0.4) is 0 Å². The van der Waals surface area contributed by atoms with Crippen LogP contribution in [0.15, 0.2) is 32.9 Å². The molecule has 0 fully saturated rings. The minimum atomic E-state index is 0.567. The molecule has 0 aliphatic heterocycles. The van der Waals surface area contributed by atoms with Gasteiger partial charge in [-0.1, -0.05) is 79.9 Å². The van der Waals surface area contributed by atoms with Gasteiger partial charge in [0.15, 0.2) is 14.5 Å². The highest BCUT2D eigenvalue weighted by atomic mass is 32.2. The molecule has 0 spiro atoms. The van der Waals surface area contributed by atoms with Crippen molar-refractivity contribution in [3.63, 3.8) is 0 Å². The molecule has 6 nitrogen and oxygen atoms in total. The zero-order valence-electron chi connectivity index (χ0n) is 15.1. The Labute approximate surface area is 166 Å². The number of nitrogens with zero attached hydrogens (tertiary/aromatic N) is 6. The largest absolute Gasteiger partial charge is 0.229 e. The lowest BCUT2D eigenvalue weighted by Crippen LogP contribution is -2.04. The van der Waals surface area contributed by atoms with E-state index in [1.807, 2.05) is 4.68 Å². The normalized spacial score (nSPS) is 11.4. The Kier molecular flexibility index (Phi) is 7.04. The summed E-state index contributed by atoms with van der Waals surface area (Å²) in [6.45, 7) is 7.38. The van der Waals surface area contributed by atoms with Gasteiger partial charge in [-0.05, 0) is 33.9 Å². The standard InChI is InChI=1S/C17H22N6S3/c1-4-9-23-15(18-21-22-23)11-25-17-20-19-16(26-17)24-10-13-5-7-14(8-6-13)12(2)3/h5-8,12H,4,9-11H2,1-3H3. The van der Waals surface area contributed by atoms with E-state index in [9.17, 15) is 0 Å². The Morgan fingerprint density at radius 1 is 1.00 bits per heavy atom. The Balaban J connectivity index is 1.50. The van der Waals surface area contributed by atoms with Crippen LogP contribution in [-0.2, 0) is 18.1 Å². The number of hydrogen-bond donors (Lipinski definition) is 0. The van der Waals surface area contributed by atoms with Crippen LogP contribution in [-0.4, -0.2) is 30.4 Å². The third-order valence-electron chi connectivity index (χ3n) is 3.76. The quantitative estimate of drug-likeness (QED) is 0.479. The molecule has 0 saturated heterocycles. The van der Waals surface area contributed by atoms with E-state index in [0.717, 1.165) is 33.2 Å². The van der Waals surface area contributed by atoms with Crippen molar-refractivity contribution in [1.29, 1.82) is 0 Å². The molecule has 26 heavy (non-hydrogen) atoms. The molecule has 0 unspecified atom stereocenters. The summed E-state index contributed by atoms with van der Waals surface area (Å²) in [5, 5.41) is 20.4. The van der Waals surface area contributed by atoms with Crippen LogP contribution in [0.25, 0.3) is 0 Å². The predicted octanol–water partition coefficient (Wildman–Crippen LogP) is 4.64. The minimum absolute atomic E-state index is 0.567. The SMILES string of the molecule is CCCn1nnnc1CSc1nnc(SCc2ccc(C(C)C)cc2)s1. The van der Waals surface area contributed by atoms with Crippen molar-refractivity contribution in [2.24, 2.45) is 0 Å². The van der Waals surface area contributed by atoms with Crippen molar-refractivity contribution >= 4 is 34.9 Å². The van der Waals surface area contributed by atoms with E-state index in [1.165, 1.54) is 11.1 Å². The predicted molar refractivity (Wildman–Crippen MR) is 108 cm³/mol. The topological polar surface area (TPSA) is 69.4 Å². The van der Waals surface area contributed by atoms with Gasteiger partial charge in [-0.2, -0.15) is 0 Å². The van der Waals surface area contributed by atoms with E-state index >= 15 is 0 Å². The lowest BCUT2D eigenvalue weighted by atomic mass is 10.0. The van der Waals surface area contributed by atoms with Crippen LogP contribution in [0.2, 0.25) is 0 Å². The van der Waals surface area contributed by atoms with Crippen LogP contribution in [0, 0.1) is 0 Å². The number of aryl methyl sites for hydroxylation is 1. The number of aromatic nitrogens is 6. The van der Waals surface area contributed by atoms with Crippen molar-refractivity contribution in [3.05, 3.63) is 41.2 Å². The molecule has 0 radical (unpaired) electrons. The van der Waals surface area contributed by atoms with Crippen molar-refractivity contribution in [1.82, 2.24) is 30.4 Å². The average molecular weight is 407 g/mol. The fraction of sp³-hybridized carbons (Fsp3) is 0.471. The summed E-state index contributed by atoms with van der Waals surface area (Å²) < 4.78 is 3.80.